The van der Waals surface area contributed by atoms with Crippen LogP contribution in [-0.4, -0.2) is 22.6 Å². The Labute approximate surface area is 134 Å². The molecule has 0 atom stereocenters. The Hall–Kier alpha value is -2.61. The highest BCUT2D eigenvalue weighted by atomic mass is 32.1. The number of ether oxygens (including phenoxy) is 1. The summed E-state index contributed by atoms with van der Waals surface area (Å²) in [5.74, 6) is -0.265. The Balaban J connectivity index is 2.03. The van der Waals surface area contributed by atoms with Gasteiger partial charge in [-0.25, -0.2) is 9.59 Å². The Morgan fingerprint density at radius 3 is 2.87 bits per heavy atom. The maximum atomic E-state index is 12.5. The number of rotatable bonds is 4. The number of hydrogen-bond donors (Lipinski definition) is 1. The van der Waals surface area contributed by atoms with Crippen molar-refractivity contribution in [3.63, 3.8) is 0 Å². The summed E-state index contributed by atoms with van der Waals surface area (Å²) in [4.78, 5) is 40.3. The van der Waals surface area contributed by atoms with Gasteiger partial charge in [-0.2, -0.15) is 0 Å². The number of H-pyrrole nitrogens is 1. The molecule has 120 valence electrons. The first-order valence-electron chi connectivity index (χ1n) is 6.96. The average Bonchev–Trinajstić information content (AvgIpc) is 3.17. The third kappa shape index (κ3) is 2.72. The number of carbonyl (C=O) groups is 1. The van der Waals surface area contributed by atoms with E-state index in [1.807, 2.05) is 6.92 Å². The van der Waals surface area contributed by atoms with Crippen molar-refractivity contribution in [3.8, 4) is 0 Å². The normalized spacial score (nSPS) is 11.0. The van der Waals surface area contributed by atoms with Gasteiger partial charge in [-0.1, -0.05) is 6.92 Å². The number of furan rings is 1. The summed E-state index contributed by atoms with van der Waals surface area (Å²) >= 11 is 1.40. The third-order valence-electron chi connectivity index (χ3n) is 3.43. The molecule has 7 nitrogen and oxygen atoms in total. The van der Waals surface area contributed by atoms with Gasteiger partial charge in [-0.05, 0) is 24.6 Å². The molecule has 0 unspecified atom stereocenters. The van der Waals surface area contributed by atoms with Crippen molar-refractivity contribution in [1.82, 2.24) is 9.55 Å². The quantitative estimate of drug-likeness (QED) is 0.734. The third-order valence-corrected chi connectivity index (χ3v) is 4.63. The van der Waals surface area contributed by atoms with Crippen LogP contribution in [0.2, 0.25) is 0 Å². The van der Waals surface area contributed by atoms with E-state index in [4.69, 9.17) is 4.42 Å². The van der Waals surface area contributed by atoms with Crippen LogP contribution >= 0.6 is 11.3 Å². The standard InChI is InChI=1S/C15H14N2O5S/c1-3-9-6-10-12(23-9)16-15(20)17(13(10)18)7-8-4-5-11(22-8)14(19)21-2/h4-6H,3,7H2,1-2H3,(H,16,20). The van der Waals surface area contributed by atoms with Crippen LogP contribution in [-0.2, 0) is 17.7 Å². The van der Waals surface area contributed by atoms with E-state index in [0.29, 0.717) is 16.0 Å². The van der Waals surface area contributed by atoms with Gasteiger partial charge in [0.2, 0.25) is 5.76 Å². The van der Waals surface area contributed by atoms with Crippen LogP contribution in [0.3, 0.4) is 0 Å². The van der Waals surface area contributed by atoms with Gasteiger partial charge in [0.1, 0.15) is 10.6 Å². The number of aromatic amines is 1. The van der Waals surface area contributed by atoms with Crippen LogP contribution in [0.5, 0.6) is 0 Å². The minimum atomic E-state index is -0.613. The lowest BCUT2D eigenvalue weighted by Crippen LogP contribution is -2.34. The minimum Gasteiger partial charge on any atom is -0.463 e. The summed E-state index contributed by atoms with van der Waals surface area (Å²) in [5.41, 5.74) is -0.890. The van der Waals surface area contributed by atoms with Crippen LogP contribution in [0, 0.1) is 0 Å². The van der Waals surface area contributed by atoms with Crippen molar-refractivity contribution in [1.29, 1.82) is 0 Å². The molecule has 0 radical (unpaired) electrons. The average molecular weight is 334 g/mol. The van der Waals surface area contributed by atoms with Crippen LogP contribution in [0.25, 0.3) is 10.2 Å². The van der Waals surface area contributed by atoms with Crippen LogP contribution in [0.15, 0.2) is 32.2 Å². The largest absolute Gasteiger partial charge is 0.463 e. The molecule has 3 heterocycles. The summed E-state index contributed by atoms with van der Waals surface area (Å²) in [6, 6.07) is 4.77. The van der Waals surface area contributed by atoms with E-state index < -0.39 is 11.7 Å². The van der Waals surface area contributed by atoms with Gasteiger partial charge in [0.25, 0.3) is 5.56 Å². The fourth-order valence-electron chi connectivity index (χ4n) is 2.24. The molecule has 0 fully saturated rings. The van der Waals surface area contributed by atoms with E-state index in [-0.39, 0.29) is 17.9 Å². The second-order valence-corrected chi connectivity index (χ2v) is 6.02. The number of fused-ring (bicyclic) bond motifs is 1. The van der Waals surface area contributed by atoms with Crippen molar-refractivity contribution < 1.29 is 13.9 Å². The zero-order valence-corrected chi connectivity index (χ0v) is 13.4. The van der Waals surface area contributed by atoms with Gasteiger partial charge in [0.05, 0.1) is 19.0 Å². The molecule has 8 heteroatoms. The van der Waals surface area contributed by atoms with Crippen molar-refractivity contribution in [2.24, 2.45) is 0 Å². The molecule has 0 aliphatic rings. The molecule has 1 N–H and O–H groups in total. The molecule has 0 aromatic carbocycles. The fourth-order valence-corrected chi connectivity index (χ4v) is 3.22. The molecule has 0 aliphatic heterocycles. The summed E-state index contributed by atoms with van der Waals surface area (Å²) in [7, 11) is 1.25. The lowest BCUT2D eigenvalue weighted by atomic mass is 10.3. The Kier molecular flexibility index (Phi) is 3.91. The zero-order valence-electron chi connectivity index (χ0n) is 12.5. The highest BCUT2D eigenvalue weighted by Crippen LogP contribution is 2.20. The lowest BCUT2D eigenvalue weighted by molar-refractivity contribution is 0.0563. The maximum absolute atomic E-state index is 12.5. The molecular formula is C15H14N2O5S. The Morgan fingerprint density at radius 1 is 1.39 bits per heavy atom. The van der Waals surface area contributed by atoms with Crippen LogP contribution < -0.4 is 11.2 Å². The molecule has 0 saturated heterocycles. The summed E-state index contributed by atoms with van der Waals surface area (Å²) < 4.78 is 10.9. The monoisotopic (exact) mass is 334 g/mol. The van der Waals surface area contributed by atoms with Crippen molar-refractivity contribution >= 4 is 27.5 Å². The van der Waals surface area contributed by atoms with Crippen LogP contribution in [0.1, 0.15) is 28.1 Å². The molecule has 0 amide bonds. The van der Waals surface area contributed by atoms with E-state index in [0.717, 1.165) is 15.9 Å². The van der Waals surface area contributed by atoms with Gasteiger partial charge in [0, 0.05) is 4.88 Å². The number of carbonyl (C=O) groups excluding carboxylic acids is 1. The molecule has 0 saturated carbocycles. The number of aromatic nitrogens is 2. The molecular weight excluding hydrogens is 320 g/mol. The maximum Gasteiger partial charge on any atom is 0.373 e. The van der Waals surface area contributed by atoms with Gasteiger partial charge in [-0.15, -0.1) is 11.3 Å². The fraction of sp³-hybridized carbons (Fsp3) is 0.267. The van der Waals surface area contributed by atoms with Crippen LogP contribution in [0.4, 0.5) is 0 Å². The Bertz CT molecular complexity index is 991. The highest BCUT2D eigenvalue weighted by molar-refractivity contribution is 7.18. The molecule has 0 aliphatic carbocycles. The second kappa shape index (κ2) is 5.88. The zero-order chi connectivity index (χ0) is 16.6. The summed E-state index contributed by atoms with van der Waals surface area (Å²) in [6.45, 7) is 1.93. The molecule has 0 spiro atoms. The number of thiophene rings is 1. The first-order chi connectivity index (χ1) is 11.0. The smallest absolute Gasteiger partial charge is 0.373 e. The molecule has 3 aromatic rings. The van der Waals surface area contributed by atoms with Crippen molar-refractivity contribution in [3.05, 3.63) is 55.4 Å². The summed E-state index contributed by atoms with van der Waals surface area (Å²) in [5, 5.41) is 0.478. The van der Waals surface area contributed by atoms with E-state index in [1.165, 1.54) is 30.6 Å². The number of hydrogen-bond acceptors (Lipinski definition) is 6. The lowest BCUT2D eigenvalue weighted by Gasteiger charge is -2.02. The highest BCUT2D eigenvalue weighted by Gasteiger charge is 2.15. The first kappa shape index (κ1) is 15.3. The molecule has 3 aromatic heterocycles. The first-order valence-corrected chi connectivity index (χ1v) is 7.77. The summed E-state index contributed by atoms with van der Waals surface area (Å²) in [6.07, 6.45) is 0.793. The van der Waals surface area contributed by atoms with Gasteiger partial charge < -0.3 is 9.15 Å². The number of nitrogens with zero attached hydrogens (tertiary/aromatic N) is 1. The number of aryl methyl sites for hydroxylation is 1. The predicted molar refractivity (Wildman–Crippen MR) is 85.2 cm³/mol. The Morgan fingerprint density at radius 2 is 2.17 bits per heavy atom. The van der Waals surface area contributed by atoms with Gasteiger partial charge in [0.15, 0.2) is 0 Å². The van der Waals surface area contributed by atoms with Crippen molar-refractivity contribution in [2.75, 3.05) is 7.11 Å². The molecule has 3 rings (SSSR count). The van der Waals surface area contributed by atoms with Gasteiger partial charge in [-0.3, -0.25) is 14.3 Å². The number of esters is 1. The van der Waals surface area contributed by atoms with E-state index in [2.05, 4.69) is 9.72 Å². The van der Waals surface area contributed by atoms with E-state index in [9.17, 15) is 14.4 Å². The number of nitrogens with one attached hydrogen (secondary N) is 1. The minimum absolute atomic E-state index is 0.0249. The topological polar surface area (TPSA) is 94.3 Å². The SMILES string of the molecule is CCc1cc2c(=O)n(Cc3ccc(C(=O)OC)o3)c(=O)[nH]c2s1. The predicted octanol–water partition coefficient (Wildman–Crippen LogP) is 1.74. The van der Waals surface area contributed by atoms with E-state index in [1.54, 1.807) is 6.07 Å². The molecule has 23 heavy (non-hydrogen) atoms. The number of methoxy groups -OCH3 is 1. The van der Waals surface area contributed by atoms with Gasteiger partial charge >= 0.3 is 11.7 Å². The molecule has 0 bridgehead atoms. The van der Waals surface area contributed by atoms with Crippen molar-refractivity contribution in [2.45, 2.75) is 19.9 Å². The second-order valence-electron chi connectivity index (χ2n) is 4.89. The van der Waals surface area contributed by atoms with E-state index >= 15 is 0 Å².